The zero-order valence-electron chi connectivity index (χ0n) is 7.41. The average Bonchev–Trinajstić information content (AvgIpc) is 2.81. The van der Waals surface area contributed by atoms with Gasteiger partial charge < -0.3 is 0 Å². The van der Waals surface area contributed by atoms with Gasteiger partial charge in [-0.15, -0.1) is 0 Å². The number of hydrogen-bond donors (Lipinski definition) is 0. The minimum atomic E-state index is 0.813. The average molecular weight is 238 g/mol. The first-order valence-electron chi connectivity index (χ1n) is 4.84. The standard InChI is InChI=1S/C11H12BrN/c12-9-3-1-8(2-4-9)10-5-6-13-7-11(10)13/h1-4,10-11H,5-7H2/t10-,11-,13?/m1/s1. The summed E-state index contributed by atoms with van der Waals surface area (Å²) < 4.78 is 1.18. The van der Waals surface area contributed by atoms with Crippen molar-refractivity contribution in [2.45, 2.75) is 18.4 Å². The van der Waals surface area contributed by atoms with Crippen LogP contribution >= 0.6 is 15.9 Å². The third kappa shape index (κ3) is 1.32. The fourth-order valence-electron chi connectivity index (χ4n) is 2.43. The Morgan fingerprint density at radius 2 is 2.00 bits per heavy atom. The number of halogens is 1. The van der Waals surface area contributed by atoms with E-state index in [9.17, 15) is 0 Å². The normalized spacial score (nSPS) is 35.9. The molecule has 2 saturated heterocycles. The summed E-state index contributed by atoms with van der Waals surface area (Å²) in [6, 6.07) is 9.70. The SMILES string of the molecule is Brc1ccc([C@H]2CCN3C[C@H]23)cc1. The Morgan fingerprint density at radius 1 is 1.23 bits per heavy atom. The fraction of sp³-hybridized carbons (Fsp3) is 0.455. The van der Waals surface area contributed by atoms with Crippen molar-refractivity contribution in [3.63, 3.8) is 0 Å². The first-order valence-corrected chi connectivity index (χ1v) is 5.63. The molecule has 2 fully saturated rings. The van der Waals surface area contributed by atoms with Gasteiger partial charge in [0.1, 0.15) is 0 Å². The number of fused-ring (bicyclic) bond motifs is 1. The van der Waals surface area contributed by atoms with Gasteiger partial charge in [0.05, 0.1) is 0 Å². The van der Waals surface area contributed by atoms with Crippen LogP contribution < -0.4 is 0 Å². The molecule has 13 heavy (non-hydrogen) atoms. The van der Waals surface area contributed by atoms with Gasteiger partial charge in [-0.3, -0.25) is 4.90 Å². The van der Waals surface area contributed by atoms with E-state index in [1.54, 1.807) is 0 Å². The summed E-state index contributed by atoms with van der Waals surface area (Å²) in [5.41, 5.74) is 1.52. The van der Waals surface area contributed by atoms with Gasteiger partial charge in [0.15, 0.2) is 0 Å². The van der Waals surface area contributed by atoms with Crippen LogP contribution in [0.3, 0.4) is 0 Å². The van der Waals surface area contributed by atoms with Crippen molar-refractivity contribution in [2.75, 3.05) is 13.1 Å². The fourth-order valence-corrected chi connectivity index (χ4v) is 2.69. The van der Waals surface area contributed by atoms with E-state index in [1.165, 1.54) is 29.5 Å². The minimum absolute atomic E-state index is 0.813. The topological polar surface area (TPSA) is 3.01 Å². The molecule has 2 aliphatic heterocycles. The van der Waals surface area contributed by atoms with Crippen molar-refractivity contribution in [2.24, 2.45) is 0 Å². The Morgan fingerprint density at radius 3 is 2.54 bits per heavy atom. The summed E-state index contributed by atoms with van der Waals surface area (Å²) >= 11 is 3.47. The van der Waals surface area contributed by atoms with Gasteiger partial charge in [0.2, 0.25) is 0 Å². The first kappa shape index (κ1) is 8.01. The van der Waals surface area contributed by atoms with Gasteiger partial charge in [-0.1, -0.05) is 28.1 Å². The van der Waals surface area contributed by atoms with Gasteiger partial charge in [-0.2, -0.15) is 0 Å². The van der Waals surface area contributed by atoms with E-state index in [-0.39, 0.29) is 0 Å². The smallest absolute Gasteiger partial charge is 0.0293 e. The Hall–Kier alpha value is -0.340. The van der Waals surface area contributed by atoms with Gasteiger partial charge in [-0.25, -0.2) is 0 Å². The molecule has 2 aliphatic rings. The molecule has 0 radical (unpaired) electrons. The predicted octanol–water partition coefficient (Wildman–Crippen LogP) is 2.62. The van der Waals surface area contributed by atoms with Crippen molar-refractivity contribution in [1.82, 2.24) is 4.90 Å². The molecule has 2 heterocycles. The highest BCUT2D eigenvalue weighted by atomic mass is 79.9. The Bertz CT molecular complexity index is 319. The summed E-state index contributed by atoms with van der Waals surface area (Å²) in [5.74, 6) is 0.813. The number of nitrogens with zero attached hydrogens (tertiary/aromatic N) is 1. The third-order valence-electron chi connectivity index (χ3n) is 3.25. The molecule has 0 saturated carbocycles. The van der Waals surface area contributed by atoms with Crippen molar-refractivity contribution < 1.29 is 0 Å². The van der Waals surface area contributed by atoms with Gasteiger partial charge in [-0.05, 0) is 30.7 Å². The summed E-state index contributed by atoms with van der Waals surface area (Å²) in [6.45, 7) is 2.64. The summed E-state index contributed by atoms with van der Waals surface area (Å²) in [4.78, 5) is 2.56. The summed E-state index contributed by atoms with van der Waals surface area (Å²) in [7, 11) is 0. The maximum absolute atomic E-state index is 3.47. The van der Waals surface area contributed by atoms with Crippen LogP contribution in [0.25, 0.3) is 0 Å². The van der Waals surface area contributed by atoms with E-state index in [4.69, 9.17) is 0 Å². The molecule has 3 atom stereocenters. The lowest BCUT2D eigenvalue weighted by atomic mass is 9.94. The lowest BCUT2D eigenvalue weighted by Gasteiger charge is -2.09. The second-order valence-corrected chi connectivity index (χ2v) is 4.92. The van der Waals surface area contributed by atoms with Crippen LogP contribution in [0.5, 0.6) is 0 Å². The molecule has 68 valence electrons. The molecular formula is C11H12BrN. The molecule has 2 heteroatoms. The highest BCUT2D eigenvalue weighted by Gasteiger charge is 2.46. The van der Waals surface area contributed by atoms with Crippen LogP contribution in [0.1, 0.15) is 17.9 Å². The monoisotopic (exact) mass is 237 g/mol. The number of benzene rings is 1. The summed E-state index contributed by atoms with van der Waals surface area (Å²) in [5, 5.41) is 0. The number of hydrogen-bond acceptors (Lipinski definition) is 1. The van der Waals surface area contributed by atoms with E-state index < -0.39 is 0 Å². The molecule has 3 rings (SSSR count). The zero-order valence-corrected chi connectivity index (χ0v) is 9.00. The van der Waals surface area contributed by atoms with E-state index >= 15 is 0 Å². The highest BCUT2D eigenvalue weighted by Crippen LogP contribution is 2.42. The van der Waals surface area contributed by atoms with Gasteiger partial charge >= 0.3 is 0 Å². The lowest BCUT2D eigenvalue weighted by molar-refractivity contribution is 0.593. The molecular weight excluding hydrogens is 226 g/mol. The van der Waals surface area contributed by atoms with Crippen LogP contribution in [-0.4, -0.2) is 24.0 Å². The lowest BCUT2D eigenvalue weighted by Crippen LogP contribution is -2.02. The highest BCUT2D eigenvalue weighted by molar-refractivity contribution is 9.10. The predicted molar refractivity (Wildman–Crippen MR) is 56.9 cm³/mol. The van der Waals surface area contributed by atoms with Crippen LogP contribution in [0.4, 0.5) is 0 Å². The van der Waals surface area contributed by atoms with Crippen molar-refractivity contribution in [3.8, 4) is 0 Å². The maximum Gasteiger partial charge on any atom is 0.0293 e. The molecule has 1 nitrogen and oxygen atoms in total. The second kappa shape index (κ2) is 2.82. The van der Waals surface area contributed by atoms with Crippen LogP contribution in [-0.2, 0) is 0 Å². The molecule has 0 amide bonds. The zero-order chi connectivity index (χ0) is 8.84. The molecule has 0 aromatic heterocycles. The Kier molecular flexibility index (Phi) is 1.74. The maximum atomic E-state index is 3.47. The van der Waals surface area contributed by atoms with E-state index in [0.717, 1.165) is 12.0 Å². The third-order valence-corrected chi connectivity index (χ3v) is 3.78. The van der Waals surface area contributed by atoms with Crippen LogP contribution in [0.2, 0.25) is 0 Å². The van der Waals surface area contributed by atoms with Crippen LogP contribution in [0, 0.1) is 0 Å². The molecule has 1 aromatic carbocycles. The van der Waals surface area contributed by atoms with E-state index in [1.807, 2.05) is 0 Å². The number of piperidine rings is 1. The Labute approximate surface area is 86.9 Å². The first-order chi connectivity index (χ1) is 6.34. The molecule has 1 unspecified atom stereocenters. The van der Waals surface area contributed by atoms with Crippen molar-refractivity contribution in [1.29, 1.82) is 0 Å². The second-order valence-electron chi connectivity index (χ2n) is 4.01. The minimum Gasteiger partial charge on any atom is -0.297 e. The van der Waals surface area contributed by atoms with Crippen molar-refractivity contribution in [3.05, 3.63) is 34.3 Å². The van der Waals surface area contributed by atoms with Gasteiger partial charge in [0.25, 0.3) is 0 Å². The quantitative estimate of drug-likeness (QED) is 0.679. The van der Waals surface area contributed by atoms with Crippen molar-refractivity contribution >= 4 is 15.9 Å². The molecule has 0 aliphatic carbocycles. The largest absolute Gasteiger partial charge is 0.297 e. The molecule has 1 aromatic rings. The summed E-state index contributed by atoms with van der Waals surface area (Å²) in [6.07, 6.45) is 1.35. The Balaban J connectivity index is 1.87. The molecule has 0 bridgehead atoms. The molecule has 0 spiro atoms. The van der Waals surface area contributed by atoms with E-state index in [0.29, 0.717) is 0 Å². The van der Waals surface area contributed by atoms with Gasteiger partial charge in [0, 0.05) is 23.0 Å². The molecule has 0 N–H and O–H groups in total. The van der Waals surface area contributed by atoms with Crippen LogP contribution in [0.15, 0.2) is 28.7 Å². The van der Waals surface area contributed by atoms with E-state index in [2.05, 4.69) is 45.1 Å². The number of rotatable bonds is 1.